The summed E-state index contributed by atoms with van der Waals surface area (Å²) in [6.45, 7) is 5.21. The van der Waals surface area contributed by atoms with Crippen LogP contribution in [0, 0.1) is 0 Å². The Morgan fingerprint density at radius 2 is 1.12 bits per heavy atom. The minimum atomic E-state index is -1.38. The number of carboxylic acids is 2. The molecule has 0 spiro atoms. The van der Waals surface area contributed by atoms with Crippen molar-refractivity contribution in [2.75, 3.05) is 6.79 Å². The standard InChI is InChI=1S/C7H8O8.C2H4/c8-4(9)1-6(12)14-3-15-7(13)2-5(10)11;1-2/h1-3H2,(H,8,9)(H,10,11);1-2H2. The fraction of sp³-hybridized carbons (Fsp3) is 0.333. The number of carbonyl (C=O) groups is 4. The number of aliphatic carboxylic acids is 2. The molecule has 96 valence electrons. The first kappa shape index (κ1) is 17.0. The zero-order valence-corrected chi connectivity index (χ0v) is 8.88. The Kier molecular flexibility index (Phi) is 10.2. The summed E-state index contributed by atoms with van der Waals surface area (Å²) in [5, 5.41) is 16.3. The Morgan fingerprint density at radius 1 is 0.824 bits per heavy atom. The van der Waals surface area contributed by atoms with Crippen LogP contribution in [-0.4, -0.2) is 40.9 Å². The highest BCUT2D eigenvalue weighted by molar-refractivity contribution is 5.91. The van der Waals surface area contributed by atoms with Gasteiger partial charge in [-0.15, -0.1) is 13.2 Å². The number of rotatable bonds is 6. The number of carbonyl (C=O) groups excluding carboxylic acids is 2. The lowest BCUT2D eigenvalue weighted by Crippen LogP contribution is -2.16. The predicted octanol–water partition coefficient (Wildman–Crippen LogP) is -0.218. The summed E-state index contributed by atoms with van der Waals surface area (Å²) >= 11 is 0. The molecule has 0 unspecified atom stereocenters. The van der Waals surface area contributed by atoms with Crippen LogP contribution in [0.3, 0.4) is 0 Å². The fourth-order valence-corrected chi connectivity index (χ4v) is 0.510. The molecule has 0 radical (unpaired) electrons. The molecule has 0 fully saturated rings. The number of carboxylic acid groups (broad SMARTS) is 2. The first-order chi connectivity index (χ1) is 7.91. The summed E-state index contributed by atoms with van der Waals surface area (Å²) in [5.74, 6) is -4.91. The molecule has 0 aromatic carbocycles. The third-order valence-corrected chi connectivity index (χ3v) is 1.03. The van der Waals surface area contributed by atoms with Gasteiger partial charge in [0, 0.05) is 0 Å². The van der Waals surface area contributed by atoms with Crippen molar-refractivity contribution in [2.45, 2.75) is 12.8 Å². The molecule has 2 N–H and O–H groups in total. The van der Waals surface area contributed by atoms with Crippen LogP contribution in [0.4, 0.5) is 0 Å². The van der Waals surface area contributed by atoms with E-state index in [-0.39, 0.29) is 0 Å². The first-order valence-corrected chi connectivity index (χ1v) is 4.16. The van der Waals surface area contributed by atoms with Crippen molar-refractivity contribution in [3.63, 3.8) is 0 Å². The zero-order chi connectivity index (χ0) is 13.8. The molecule has 0 heterocycles. The first-order valence-electron chi connectivity index (χ1n) is 4.16. The zero-order valence-electron chi connectivity index (χ0n) is 8.88. The van der Waals surface area contributed by atoms with Crippen molar-refractivity contribution >= 4 is 23.9 Å². The molecule has 8 heteroatoms. The monoisotopic (exact) mass is 248 g/mol. The Morgan fingerprint density at radius 3 is 1.35 bits per heavy atom. The van der Waals surface area contributed by atoms with Crippen LogP contribution in [0.5, 0.6) is 0 Å². The van der Waals surface area contributed by atoms with E-state index in [1.54, 1.807) is 0 Å². The molecular formula is C9H12O8. The van der Waals surface area contributed by atoms with E-state index in [2.05, 4.69) is 22.6 Å². The van der Waals surface area contributed by atoms with Gasteiger partial charge < -0.3 is 19.7 Å². The lowest BCUT2D eigenvalue weighted by Gasteiger charge is -2.03. The quantitative estimate of drug-likeness (QED) is 0.286. The average molecular weight is 248 g/mol. The van der Waals surface area contributed by atoms with Gasteiger partial charge in [0.15, 0.2) is 0 Å². The molecule has 0 aromatic rings. The number of esters is 2. The smallest absolute Gasteiger partial charge is 0.320 e. The SMILES string of the molecule is C=C.O=C(O)CC(=O)OCOC(=O)CC(=O)O. The second kappa shape index (κ2) is 10.1. The van der Waals surface area contributed by atoms with E-state index in [1.807, 2.05) is 0 Å². The molecule has 0 amide bonds. The largest absolute Gasteiger partial charge is 0.481 e. The van der Waals surface area contributed by atoms with Crippen LogP contribution in [0.1, 0.15) is 12.8 Å². The predicted molar refractivity (Wildman–Crippen MR) is 52.8 cm³/mol. The third kappa shape index (κ3) is 13.6. The summed E-state index contributed by atoms with van der Waals surface area (Å²) in [6.07, 6.45) is -1.70. The molecule has 0 bridgehead atoms. The van der Waals surface area contributed by atoms with Crippen LogP contribution in [0.25, 0.3) is 0 Å². The van der Waals surface area contributed by atoms with E-state index < -0.39 is 43.5 Å². The second-order valence-electron chi connectivity index (χ2n) is 2.29. The Balaban J connectivity index is 0. The van der Waals surface area contributed by atoms with Crippen molar-refractivity contribution in [3.05, 3.63) is 13.2 Å². The molecule has 0 saturated heterocycles. The third-order valence-electron chi connectivity index (χ3n) is 1.03. The van der Waals surface area contributed by atoms with Gasteiger partial charge in [0.25, 0.3) is 0 Å². The van der Waals surface area contributed by atoms with Gasteiger partial charge in [-0.25, -0.2) is 0 Å². The molecular weight excluding hydrogens is 236 g/mol. The maximum absolute atomic E-state index is 10.5. The van der Waals surface area contributed by atoms with Gasteiger partial charge in [-0.3, -0.25) is 19.2 Å². The highest BCUT2D eigenvalue weighted by atomic mass is 16.7. The van der Waals surface area contributed by atoms with E-state index in [4.69, 9.17) is 10.2 Å². The van der Waals surface area contributed by atoms with Gasteiger partial charge in [-0.1, -0.05) is 0 Å². The van der Waals surface area contributed by atoms with Gasteiger partial charge in [0.2, 0.25) is 6.79 Å². The van der Waals surface area contributed by atoms with E-state index in [0.717, 1.165) is 0 Å². The van der Waals surface area contributed by atoms with Gasteiger partial charge in [0.1, 0.15) is 12.8 Å². The lowest BCUT2D eigenvalue weighted by atomic mass is 10.4. The fourth-order valence-electron chi connectivity index (χ4n) is 0.510. The summed E-state index contributed by atoms with van der Waals surface area (Å²) in [7, 11) is 0. The van der Waals surface area contributed by atoms with Crippen LogP contribution < -0.4 is 0 Å². The molecule has 0 aliphatic rings. The van der Waals surface area contributed by atoms with Gasteiger partial charge in [0.05, 0.1) is 0 Å². The lowest BCUT2D eigenvalue weighted by molar-refractivity contribution is -0.169. The maximum atomic E-state index is 10.5. The summed E-state index contributed by atoms with van der Waals surface area (Å²) in [6, 6.07) is 0. The van der Waals surface area contributed by atoms with Crippen molar-refractivity contribution in [1.82, 2.24) is 0 Å². The normalized spacial score (nSPS) is 8.24. The summed E-state index contributed by atoms with van der Waals surface area (Å²) in [5.41, 5.74) is 0. The molecule has 0 rings (SSSR count). The van der Waals surface area contributed by atoms with Gasteiger partial charge >= 0.3 is 23.9 Å². The molecule has 0 atom stereocenters. The summed E-state index contributed by atoms with van der Waals surface area (Å²) in [4.78, 5) is 41.0. The Bertz CT molecular complexity index is 267. The minimum absolute atomic E-state index is 0.793. The highest BCUT2D eigenvalue weighted by Crippen LogP contribution is 1.90. The molecule has 8 nitrogen and oxygen atoms in total. The molecule has 0 aliphatic heterocycles. The van der Waals surface area contributed by atoms with Crippen molar-refractivity contribution in [3.8, 4) is 0 Å². The Labute approximate surface area is 96.4 Å². The number of hydrogen-bond donors (Lipinski definition) is 2. The summed E-state index contributed by atoms with van der Waals surface area (Å²) < 4.78 is 8.30. The number of hydrogen-bond acceptors (Lipinski definition) is 6. The second-order valence-corrected chi connectivity index (χ2v) is 2.29. The molecule has 17 heavy (non-hydrogen) atoms. The van der Waals surface area contributed by atoms with Crippen LogP contribution in [-0.2, 0) is 28.7 Å². The van der Waals surface area contributed by atoms with Crippen molar-refractivity contribution in [2.24, 2.45) is 0 Å². The topological polar surface area (TPSA) is 127 Å². The van der Waals surface area contributed by atoms with Crippen molar-refractivity contribution in [1.29, 1.82) is 0 Å². The average Bonchev–Trinajstić information content (AvgIpc) is 2.18. The van der Waals surface area contributed by atoms with E-state index in [9.17, 15) is 19.2 Å². The van der Waals surface area contributed by atoms with E-state index in [1.165, 1.54) is 0 Å². The Hall–Kier alpha value is -2.38. The van der Waals surface area contributed by atoms with Crippen molar-refractivity contribution < 1.29 is 38.9 Å². The van der Waals surface area contributed by atoms with Gasteiger partial charge in [-0.2, -0.15) is 0 Å². The van der Waals surface area contributed by atoms with Crippen LogP contribution in [0.15, 0.2) is 13.2 Å². The minimum Gasteiger partial charge on any atom is -0.481 e. The van der Waals surface area contributed by atoms with Gasteiger partial charge in [-0.05, 0) is 0 Å². The molecule has 0 aliphatic carbocycles. The van der Waals surface area contributed by atoms with E-state index >= 15 is 0 Å². The van der Waals surface area contributed by atoms with Crippen LogP contribution >= 0.6 is 0 Å². The number of ether oxygens (including phenoxy) is 2. The maximum Gasteiger partial charge on any atom is 0.320 e. The molecule has 0 saturated carbocycles. The van der Waals surface area contributed by atoms with E-state index in [0.29, 0.717) is 0 Å². The van der Waals surface area contributed by atoms with Crippen LogP contribution in [0.2, 0.25) is 0 Å². The highest BCUT2D eigenvalue weighted by Gasteiger charge is 2.11. The molecule has 0 aromatic heterocycles.